The SMILES string of the molecule is COC(=O)CSC1CCN(S(=O)(=O)c2ccccc2Br)C1. The quantitative estimate of drug-likeness (QED) is 0.716. The summed E-state index contributed by atoms with van der Waals surface area (Å²) in [6.07, 6.45) is 0.741. The molecule has 2 rings (SSSR count). The Hall–Kier alpha value is -0.570. The highest BCUT2D eigenvalue weighted by Crippen LogP contribution is 2.30. The maximum absolute atomic E-state index is 12.6. The van der Waals surface area contributed by atoms with Gasteiger partial charge in [-0.15, -0.1) is 11.8 Å². The minimum absolute atomic E-state index is 0.126. The zero-order chi connectivity index (χ0) is 15.5. The van der Waals surface area contributed by atoms with Gasteiger partial charge in [0.1, 0.15) is 0 Å². The molecule has 0 amide bonds. The van der Waals surface area contributed by atoms with Crippen molar-refractivity contribution in [1.29, 1.82) is 0 Å². The van der Waals surface area contributed by atoms with Crippen molar-refractivity contribution < 1.29 is 17.9 Å². The van der Waals surface area contributed by atoms with Gasteiger partial charge in [0.15, 0.2) is 0 Å². The zero-order valence-corrected chi connectivity index (χ0v) is 14.7. The summed E-state index contributed by atoms with van der Waals surface area (Å²) in [4.78, 5) is 11.4. The van der Waals surface area contributed by atoms with E-state index < -0.39 is 10.0 Å². The molecular formula is C13H16BrNO4S2. The number of carbonyl (C=O) groups excluding carboxylic acids is 1. The molecule has 1 aromatic rings. The molecule has 0 N–H and O–H groups in total. The third-order valence-electron chi connectivity index (χ3n) is 3.23. The summed E-state index contributed by atoms with van der Waals surface area (Å²) >= 11 is 4.72. The van der Waals surface area contributed by atoms with Crippen LogP contribution < -0.4 is 0 Å². The average molecular weight is 394 g/mol. The molecule has 1 atom stereocenters. The number of carbonyl (C=O) groups is 1. The molecule has 0 spiro atoms. The molecule has 0 bridgehead atoms. The van der Waals surface area contributed by atoms with Crippen molar-refractivity contribution in [2.45, 2.75) is 16.6 Å². The predicted molar refractivity (Wildman–Crippen MR) is 85.8 cm³/mol. The van der Waals surface area contributed by atoms with Crippen LogP contribution in [0.3, 0.4) is 0 Å². The van der Waals surface area contributed by atoms with E-state index in [-0.39, 0.29) is 21.9 Å². The highest BCUT2D eigenvalue weighted by atomic mass is 79.9. The molecule has 0 radical (unpaired) electrons. The molecule has 5 nitrogen and oxygen atoms in total. The van der Waals surface area contributed by atoms with E-state index in [4.69, 9.17) is 0 Å². The van der Waals surface area contributed by atoms with Crippen molar-refractivity contribution in [3.05, 3.63) is 28.7 Å². The largest absolute Gasteiger partial charge is 0.468 e. The highest BCUT2D eigenvalue weighted by Gasteiger charge is 2.33. The number of esters is 1. The number of thioether (sulfide) groups is 1. The first-order valence-corrected chi connectivity index (χ1v) is 9.66. The van der Waals surface area contributed by atoms with Crippen LogP contribution in [0.25, 0.3) is 0 Å². The second-order valence-corrected chi connectivity index (χ2v) is 8.64. The predicted octanol–water partition coefficient (Wildman–Crippen LogP) is 2.12. The van der Waals surface area contributed by atoms with Gasteiger partial charge in [0.25, 0.3) is 0 Å². The summed E-state index contributed by atoms with van der Waals surface area (Å²) in [5.74, 6) is -0.0310. The van der Waals surface area contributed by atoms with Crippen LogP contribution in [0.5, 0.6) is 0 Å². The maximum atomic E-state index is 12.6. The number of hydrogen-bond acceptors (Lipinski definition) is 5. The standard InChI is InChI=1S/C13H16BrNO4S2/c1-19-13(16)9-20-10-6-7-15(8-10)21(17,18)12-5-3-2-4-11(12)14/h2-5,10H,6-9H2,1H3. The van der Waals surface area contributed by atoms with Gasteiger partial charge < -0.3 is 4.74 Å². The maximum Gasteiger partial charge on any atom is 0.315 e. The van der Waals surface area contributed by atoms with Crippen molar-refractivity contribution in [2.75, 3.05) is 26.0 Å². The van der Waals surface area contributed by atoms with Gasteiger partial charge in [-0.1, -0.05) is 12.1 Å². The highest BCUT2D eigenvalue weighted by molar-refractivity contribution is 9.10. The van der Waals surface area contributed by atoms with Crippen molar-refractivity contribution in [1.82, 2.24) is 4.31 Å². The Morgan fingerprint density at radius 2 is 2.19 bits per heavy atom. The number of rotatable bonds is 5. The number of sulfonamides is 1. The third-order valence-corrected chi connectivity index (χ3v) is 7.36. The van der Waals surface area contributed by atoms with E-state index in [1.165, 1.54) is 23.2 Å². The molecule has 1 saturated heterocycles. The Labute approximate surface area is 137 Å². The van der Waals surface area contributed by atoms with Crippen molar-refractivity contribution in [3.63, 3.8) is 0 Å². The molecule has 1 aromatic carbocycles. The summed E-state index contributed by atoms with van der Waals surface area (Å²) in [5, 5.41) is 0.126. The normalized spacial score (nSPS) is 19.6. The minimum Gasteiger partial charge on any atom is -0.468 e. The molecule has 116 valence electrons. The van der Waals surface area contributed by atoms with E-state index in [1.807, 2.05) is 0 Å². The lowest BCUT2D eigenvalue weighted by Gasteiger charge is -2.17. The van der Waals surface area contributed by atoms with Gasteiger partial charge in [0.2, 0.25) is 10.0 Å². The summed E-state index contributed by atoms with van der Waals surface area (Å²) < 4.78 is 31.8. The fourth-order valence-electron chi connectivity index (χ4n) is 2.09. The van der Waals surface area contributed by atoms with E-state index in [0.717, 1.165) is 6.42 Å². The Morgan fingerprint density at radius 1 is 1.48 bits per heavy atom. The summed E-state index contributed by atoms with van der Waals surface area (Å²) in [6, 6.07) is 6.79. The molecule has 0 aliphatic carbocycles. The number of halogens is 1. The molecule has 1 aliphatic rings. The van der Waals surface area contributed by atoms with E-state index in [2.05, 4.69) is 20.7 Å². The number of hydrogen-bond donors (Lipinski definition) is 0. The van der Waals surface area contributed by atoms with Crippen molar-refractivity contribution in [2.24, 2.45) is 0 Å². The van der Waals surface area contributed by atoms with E-state index in [0.29, 0.717) is 17.6 Å². The van der Waals surface area contributed by atoms with Crippen LogP contribution in [0, 0.1) is 0 Å². The second-order valence-electron chi connectivity index (χ2n) is 4.59. The Bertz CT molecular complexity index is 620. The molecule has 1 unspecified atom stereocenters. The van der Waals surface area contributed by atoms with Crippen LogP contribution in [-0.2, 0) is 19.6 Å². The third kappa shape index (κ3) is 4.00. The van der Waals surface area contributed by atoms with E-state index >= 15 is 0 Å². The summed E-state index contributed by atoms with van der Waals surface area (Å²) in [5.41, 5.74) is 0. The van der Waals surface area contributed by atoms with Crippen LogP contribution in [0.2, 0.25) is 0 Å². The van der Waals surface area contributed by atoms with Gasteiger partial charge in [-0.3, -0.25) is 4.79 Å². The van der Waals surface area contributed by atoms with Crippen LogP contribution in [0.4, 0.5) is 0 Å². The lowest BCUT2D eigenvalue weighted by atomic mass is 10.4. The van der Waals surface area contributed by atoms with Gasteiger partial charge in [-0.25, -0.2) is 8.42 Å². The molecule has 0 saturated carbocycles. The molecular weight excluding hydrogens is 378 g/mol. The number of ether oxygens (including phenoxy) is 1. The van der Waals surface area contributed by atoms with Crippen molar-refractivity contribution in [3.8, 4) is 0 Å². The molecule has 1 fully saturated rings. The van der Waals surface area contributed by atoms with Crippen LogP contribution in [0.1, 0.15) is 6.42 Å². The Balaban J connectivity index is 2.04. The van der Waals surface area contributed by atoms with Gasteiger partial charge in [0.05, 0.1) is 17.8 Å². The second kappa shape index (κ2) is 7.13. The first-order valence-electron chi connectivity index (χ1n) is 6.38. The Kier molecular flexibility index (Phi) is 5.70. The molecule has 0 aromatic heterocycles. The topological polar surface area (TPSA) is 63.7 Å². The molecule has 21 heavy (non-hydrogen) atoms. The monoisotopic (exact) mass is 393 g/mol. The van der Waals surface area contributed by atoms with Gasteiger partial charge >= 0.3 is 5.97 Å². The first-order chi connectivity index (χ1) is 9.95. The fraction of sp³-hybridized carbons (Fsp3) is 0.462. The van der Waals surface area contributed by atoms with Crippen LogP contribution in [0.15, 0.2) is 33.6 Å². The summed E-state index contributed by atoms with van der Waals surface area (Å²) in [6.45, 7) is 0.897. The first kappa shape index (κ1) is 16.8. The van der Waals surface area contributed by atoms with Gasteiger partial charge in [-0.2, -0.15) is 4.31 Å². The molecule has 1 heterocycles. The number of methoxy groups -OCH3 is 1. The molecule has 8 heteroatoms. The van der Waals surface area contributed by atoms with E-state index in [1.54, 1.807) is 24.3 Å². The smallest absolute Gasteiger partial charge is 0.315 e. The minimum atomic E-state index is -3.49. The number of benzene rings is 1. The average Bonchev–Trinajstić information content (AvgIpc) is 2.94. The number of nitrogens with zero attached hydrogens (tertiary/aromatic N) is 1. The van der Waals surface area contributed by atoms with Gasteiger partial charge in [0, 0.05) is 22.8 Å². The van der Waals surface area contributed by atoms with Crippen LogP contribution >= 0.6 is 27.7 Å². The zero-order valence-electron chi connectivity index (χ0n) is 11.5. The molecule has 1 aliphatic heterocycles. The Morgan fingerprint density at radius 3 is 2.86 bits per heavy atom. The fourth-order valence-corrected chi connectivity index (χ4v) is 5.69. The van der Waals surface area contributed by atoms with Gasteiger partial charge in [-0.05, 0) is 34.5 Å². The van der Waals surface area contributed by atoms with Crippen LogP contribution in [-0.4, -0.2) is 49.9 Å². The lowest BCUT2D eigenvalue weighted by Crippen LogP contribution is -2.29. The van der Waals surface area contributed by atoms with Crippen molar-refractivity contribution >= 4 is 43.7 Å². The van der Waals surface area contributed by atoms with E-state index in [9.17, 15) is 13.2 Å². The lowest BCUT2D eigenvalue weighted by molar-refractivity contribution is -0.137. The summed E-state index contributed by atoms with van der Waals surface area (Å²) in [7, 11) is -2.14.